The molecule has 0 aliphatic rings. The molecule has 2 atom stereocenters. The normalized spacial score (nSPS) is 13.4. The van der Waals surface area contributed by atoms with E-state index in [9.17, 15) is 22.8 Å². The maximum atomic E-state index is 13.0. The molecule has 0 fully saturated rings. The van der Waals surface area contributed by atoms with Gasteiger partial charge < -0.3 is 15.4 Å². The van der Waals surface area contributed by atoms with Crippen LogP contribution in [0, 0.1) is 5.92 Å². The average Bonchev–Trinajstić information content (AvgIpc) is 2.71. The standard InChI is InChI=1S/C23H27F3N2O3/c1-5-31-19-12-7-6-11-18(19)21(29)28-20(14(2)3)22(30)27-15(4)16-9-8-10-17(13-16)23(24,25)26/h6-15,20H,5H2,1-4H3,(H,27,30)(H,28,29). The number of alkyl halides is 3. The number of para-hydroxylation sites is 1. The molecule has 0 aliphatic carbocycles. The van der Waals surface area contributed by atoms with Crippen molar-refractivity contribution in [3.63, 3.8) is 0 Å². The number of hydrogen-bond donors (Lipinski definition) is 2. The van der Waals surface area contributed by atoms with Gasteiger partial charge in [0, 0.05) is 0 Å². The Balaban J connectivity index is 2.15. The van der Waals surface area contributed by atoms with E-state index in [1.807, 2.05) is 0 Å². The SMILES string of the molecule is CCOc1ccccc1C(=O)NC(C(=O)NC(C)c1cccc(C(F)(F)F)c1)C(C)C. The summed E-state index contributed by atoms with van der Waals surface area (Å²) in [6.07, 6.45) is -4.47. The second-order valence-electron chi connectivity index (χ2n) is 7.48. The zero-order valence-electron chi connectivity index (χ0n) is 17.9. The van der Waals surface area contributed by atoms with Gasteiger partial charge in [-0.3, -0.25) is 9.59 Å². The molecule has 168 valence electrons. The highest BCUT2D eigenvalue weighted by Gasteiger charge is 2.31. The van der Waals surface area contributed by atoms with E-state index in [1.165, 1.54) is 12.1 Å². The largest absolute Gasteiger partial charge is 0.493 e. The molecule has 0 radical (unpaired) electrons. The Morgan fingerprint density at radius 3 is 2.29 bits per heavy atom. The summed E-state index contributed by atoms with van der Waals surface area (Å²) in [5.74, 6) is -0.800. The zero-order valence-corrected chi connectivity index (χ0v) is 17.9. The fraction of sp³-hybridized carbons (Fsp3) is 0.391. The van der Waals surface area contributed by atoms with Crippen LogP contribution in [-0.4, -0.2) is 24.5 Å². The van der Waals surface area contributed by atoms with Crippen molar-refractivity contribution >= 4 is 11.8 Å². The molecule has 2 rings (SSSR count). The van der Waals surface area contributed by atoms with Gasteiger partial charge in [-0.25, -0.2) is 0 Å². The Hall–Kier alpha value is -3.03. The lowest BCUT2D eigenvalue weighted by atomic mass is 10.0. The molecule has 0 spiro atoms. The van der Waals surface area contributed by atoms with Crippen molar-refractivity contribution in [2.75, 3.05) is 6.61 Å². The fourth-order valence-electron chi connectivity index (χ4n) is 3.06. The predicted octanol–water partition coefficient (Wildman–Crippen LogP) is 4.74. The first-order chi connectivity index (χ1) is 14.5. The molecule has 2 aromatic carbocycles. The first-order valence-corrected chi connectivity index (χ1v) is 10.0. The number of amides is 2. The minimum atomic E-state index is -4.47. The number of carbonyl (C=O) groups is 2. The molecule has 0 saturated heterocycles. The van der Waals surface area contributed by atoms with Crippen LogP contribution in [0.2, 0.25) is 0 Å². The number of ether oxygens (including phenoxy) is 1. The summed E-state index contributed by atoms with van der Waals surface area (Å²) in [6.45, 7) is 7.32. The summed E-state index contributed by atoms with van der Waals surface area (Å²) in [5, 5.41) is 5.41. The third-order valence-corrected chi connectivity index (χ3v) is 4.74. The minimum absolute atomic E-state index is 0.253. The molecule has 0 bridgehead atoms. The second-order valence-corrected chi connectivity index (χ2v) is 7.48. The Kier molecular flexibility index (Phi) is 8.08. The molecular weight excluding hydrogens is 409 g/mol. The lowest BCUT2D eigenvalue weighted by molar-refractivity contribution is -0.137. The van der Waals surface area contributed by atoms with Gasteiger partial charge in [-0.1, -0.05) is 38.1 Å². The van der Waals surface area contributed by atoms with Crippen molar-refractivity contribution in [1.82, 2.24) is 10.6 Å². The Labute approximate surface area is 180 Å². The first-order valence-electron chi connectivity index (χ1n) is 10.0. The highest BCUT2D eigenvalue weighted by Crippen LogP contribution is 2.30. The minimum Gasteiger partial charge on any atom is -0.493 e. The summed E-state index contributed by atoms with van der Waals surface area (Å²) in [7, 11) is 0. The van der Waals surface area contributed by atoms with Crippen molar-refractivity contribution < 1.29 is 27.5 Å². The van der Waals surface area contributed by atoms with Crippen molar-refractivity contribution in [1.29, 1.82) is 0 Å². The van der Waals surface area contributed by atoms with E-state index in [1.54, 1.807) is 52.0 Å². The molecule has 5 nitrogen and oxygen atoms in total. The van der Waals surface area contributed by atoms with Gasteiger partial charge in [-0.2, -0.15) is 13.2 Å². The molecule has 2 N–H and O–H groups in total. The third-order valence-electron chi connectivity index (χ3n) is 4.74. The monoisotopic (exact) mass is 436 g/mol. The van der Waals surface area contributed by atoms with Crippen molar-refractivity contribution in [3.8, 4) is 5.75 Å². The van der Waals surface area contributed by atoms with E-state index in [0.29, 0.717) is 23.5 Å². The maximum Gasteiger partial charge on any atom is 0.416 e. The maximum absolute atomic E-state index is 13.0. The van der Waals surface area contributed by atoms with Crippen LogP contribution in [0.25, 0.3) is 0 Å². The van der Waals surface area contributed by atoms with Gasteiger partial charge in [0.15, 0.2) is 0 Å². The van der Waals surface area contributed by atoms with Crippen molar-refractivity contribution in [3.05, 3.63) is 65.2 Å². The van der Waals surface area contributed by atoms with E-state index >= 15 is 0 Å². The molecule has 2 amide bonds. The zero-order chi connectivity index (χ0) is 23.2. The summed E-state index contributed by atoms with van der Waals surface area (Å²) >= 11 is 0. The van der Waals surface area contributed by atoms with E-state index in [2.05, 4.69) is 10.6 Å². The molecular formula is C23H27F3N2O3. The molecule has 31 heavy (non-hydrogen) atoms. The third kappa shape index (κ3) is 6.47. The van der Waals surface area contributed by atoms with Crippen LogP contribution in [0.15, 0.2) is 48.5 Å². The summed E-state index contributed by atoms with van der Waals surface area (Å²) in [5.41, 5.74) is -0.167. The Morgan fingerprint density at radius 1 is 1.00 bits per heavy atom. The number of nitrogens with one attached hydrogen (secondary N) is 2. The van der Waals surface area contributed by atoms with Gasteiger partial charge in [-0.15, -0.1) is 0 Å². The summed E-state index contributed by atoms with van der Waals surface area (Å²) in [6, 6.07) is 9.94. The number of hydrogen-bond acceptors (Lipinski definition) is 3. The quantitative estimate of drug-likeness (QED) is 0.628. The van der Waals surface area contributed by atoms with Crippen LogP contribution in [0.5, 0.6) is 5.75 Å². The molecule has 2 unspecified atom stereocenters. The molecule has 0 saturated carbocycles. The van der Waals surface area contributed by atoms with Gasteiger partial charge in [0.2, 0.25) is 5.91 Å². The fourth-order valence-corrected chi connectivity index (χ4v) is 3.06. The molecule has 8 heteroatoms. The van der Waals surface area contributed by atoms with Crippen molar-refractivity contribution in [2.24, 2.45) is 5.92 Å². The first kappa shape index (κ1) is 24.2. The summed E-state index contributed by atoms with van der Waals surface area (Å²) in [4.78, 5) is 25.6. The van der Waals surface area contributed by atoms with E-state index < -0.39 is 35.6 Å². The van der Waals surface area contributed by atoms with Gasteiger partial charge in [0.25, 0.3) is 5.91 Å². The lowest BCUT2D eigenvalue weighted by Crippen LogP contribution is -2.50. The van der Waals surface area contributed by atoms with E-state index in [-0.39, 0.29) is 5.92 Å². The van der Waals surface area contributed by atoms with E-state index in [4.69, 9.17) is 4.74 Å². The molecule has 0 aromatic heterocycles. The van der Waals surface area contributed by atoms with Crippen molar-refractivity contribution in [2.45, 2.75) is 46.0 Å². The number of halogens is 3. The van der Waals surface area contributed by atoms with Gasteiger partial charge in [-0.05, 0) is 49.6 Å². The summed E-state index contributed by atoms with van der Waals surface area (Å²) < 4.78 is 44.4. The van der Waals surface area contributed by atoms with Crippen LogP contribution in [0.1, 0.15) is 55.2 Å². The van der Waals surface area contributed by atoms with Gasteiger partial charge in [0.1, 0.15) is 11.8 Å². The van der Waals surface area contributed by atoms with Crippen LogP contribution in [0.4, 0.5) is 13.2 Å². The second kappa shape index (κ2) is 10.3. The number of benzene rings is 2. The smallest absolute Gasteiger partial charge is 0.416 e. The van der Waals surface area contributed by atoms with Crippen LogP contribution in [0.3, 0.4) is 0 Å². The highest BCUT2D eigenvalue weighted by atomic mass is 19.4. The topological polar surface area (TPSA) is 67.4 Å². The van der Waals surface area contributed by atoms with Crippen LogP contribution >= 0.6 is 0 Å². The highest BCUT2D eigenvalue weighted by molar-refractivity contribution is 5.99. The molecule has 0 aliphatic heterocycles. The average molecular weight is 436 g/mol. The predicted molar refractivity (Wildman–Crippen MR) is 112 cm³/mol. The van der Waals surface area contributed by atoms with Gasteiger partial charge >= 0.3 is 6.18 Å². The number of carbonyl (C=O) groups excluding carboxylic acids is 2. The van der Waals surface area contributed by atoms with Crippen LogP contribution < -0.4 is 15.4 Å². The number of rotatable bonds is 8. The Bertz CT molecular complexity index is 913. The van der Waals surface area contributed by atoms with Gasteiger partial charge in [0.05, 0.1) is 23.8 Å². The molecule has 0 heterocycles. The molecule has 2 aromatic rings. The van der Waals surface area contributed by atoms with Crippen LogP contribution in [-0.2, 0) is 11.0 Å². The Morgan fingerprint density at radius 2 is 1.68 bits per heavy atom. The van der Waals surface area contributed by atoms with E-state index in [0.717, 1.165) is 12.1 Å². The lowest BCUT2D eigenvalue weighted by Gasteiger charge is -2.25.